The van der Waals surface area contributed by atoms with E-state index in [9.17, 15) is 18.0 Å². The molecule has 1 saturated heterocycles. The van der Waals surface area contributed by atoms with Gasteiger partial charge < -0.3 is 9.47 Å². The molecule has 1 aliphatic heterocycles. The van der Waals surface area contributed by atoms with Crippen LogP contribution in [0.15, 0.2) is 12.2 Å². The van der Waals surface area contributed by atoms with Gasteiger partial charge in [0.1, 0.15) is 0 Å². The van der Waals surface area contributed by atoms with E-state index in [-0.39, 0.29) is 0 Å². The Labute approximate surface area is 78.5 Å². The molecule has 0 radical (unpaired) electrons. The number of carbonyl (C=O) groups is 1. The van der Waals surface area contributed by atoms with E-state index in [1.807, 2.05) is 0 Å². The number of methoxy groups -OCH3 is 1. The van der Waals surface area contributed by atoms with Crippen LogP contribution in [0.2, 0.25) is 0 Å². The van der Waals surface area contributed by atoms with Crippen LogP contribution in [0.5, 0.6) is 0 Å². The van der Waals surface area contributed by atoms with Gasteiger partial charge in [0.15, 0.2) is 0 Å². The first-order valence-corrected chi connectivity index (χ1v) is 3.85. The molecule has 0 aromatic carbocycles. The summed E-state index contributed by atoms with van der Waals surface area (Å²) in [6, 6.07) is 0. The van der Waals surface area contributed by atoms with Crippen molar-refractivity contribution in [3.63, 3.8) is 0 Å². The predicted octanol–water partition coefficient (Wildman–Crippen LogP) is 1.44. The first-order valence-electron chi connectivity index (χ1n) is 3.85. The second kappa shape index (κ2) is 3.27. The van der Waals surface area contributed by atoms with Gasteiger partial charge in [-0.1, -0.05) is 0 Å². The number of epoxide rings is 1. The number of carbonyl (C=O) groups excluding carboxylic acids is 1. The summed E-state index contributed by atoms with van der Waals surface area (Å²) < 4.78 is 45.7. The first-order chi connectivity index (χ1) is 6.33. The SMILES string of the molecule is COC(=O)/C=C/[C@]1(C(F)(F)F)O[C@@H]1C. The molecule has 0 aromatic rings. The van der Waals surface area contributed by atoms with Gasteiger partial charge in [0.2, 0.25) is 5.60 Å². The van der Waals surface area contributed by atoms with Gasteiger partial charge in [0, 0.05) is 6.08 Å². The van der Waals surface area contributed by atoms with Crippen LogP contribution >= 0.6 is 0 Å². The molecule has 0 aliphatic carbocycles. The Kier molecular flexibility index (Phi) is 2.58. The van der Waals surface area contributed by atoms with E-state index in [1.54, 1.807) is 0 Å². The summed E-state index contributed by atoms with van der Waals surface area (Å²) in [4.78, 5) is 10.6. The summed E-state index contributed by atoms with van der Waals surface area (Å²) in [5.41, 5.74) is -2.30. The minimum absolute atomic E-state index is 0.684. The van der Waals surface area contributed by atoms with Gasteiger partial charge in [-0.25, -0.2) is 4.79 Å². The molecule has 6 heteroatoms. The highest BCUT2D eigenvalue weighted by molar-refractivity contribution is 5.82. The molecular weight excluding hydrogens is 201 g/mol. The van der Waals surface area contributed by atoms with Crippen molar-refractivity contribution in [2.75, 3.05) is 7.11 Å². The van der Waals surface area contributed by atoms with Gasteiger partial charge in [-0.15, -0.1) is 0 Å². The van der Waals surface area contributed by atoms with Crippen LogP contribution in [0.3, 0.4) is 0 Å². The highest BCUT2D eigenvalue weighted by Crippen LogP contribution is 2.50. The summed E-state index contributed by atoms with van der Waals surface area (Å²) in [5.74, 6) is -0.837. The van der Waals surface area contributed by atoms with Crippen molar-refractivity contribution >= 4 is 5.97 Å². The molecule has 1 heterocycles. The lowest BCUT2D eigenvalue weighted by molar-refractivity contribution is -0.169. The maximum absolute atomic E-state index is 12.4. The fourth-order valence-electron chi connectivity index (χ4n) is 1.08. The molecule has 0 saturated carbocycles. The average Bonchev–Trinajstić information content (AvgIpc) is 2.73. The Morgan fingerprint density at radius 1 is 1.57 bits per heavy atom. The van der Waals surface area contributed by atoms with Crippen molar-refractivity contribution in [3.05, 3.63) is 12.2 Å². The number of halogens is 3. The number of esters is 1. The van der Waals surface area contributed by atoms with Crippen LogP contribution in [0.1, 0.15) is 6.92 Å². The maximum Gasteiger partial charge on any atom is 0.423 e. The predicted molar refractivity (Wildman–Crippen MR) is 40.5 cm³/mol. The van der Waals surface area contributed by atoms with E-state index in [1.165, 1.54) is 6.92 Å². The second-order valence-electron chi connectivity index (χ2n) is 2.91. The Balaban J connectivity index is 2.75. The molecule has 3 nitrogen and oxygen atoms in total. The van der Waals surface area contributed by atoms with Gasteiger partial charge in [0.25, 0.3) is 0 Å². The minimum Gasteiger partial charge on any atom is -0.466 e. The second-order valence-corrected chi connectivity index (χ2v) is 2.91. The van der Waals surface area contributed by atoms with E-state index in [2.05, 4.69) is 9.47 Å². The van der Waals surface area contributed by atoms with E-state index in [0.717, 1.165) is 13.2 Å². The summed E-state index contributed by atoms with van der Waals surface area (Å²) in [5, 5.41) is 0. The molecule has 0 N–H and O–H groups in total. The smallest absolute Gasteiger partial charge is 0.423 e. The van der Waals surface area contributed by atoms with Crippen molar-refractivity contribution in [3.8, 4) is 0 Å². The van der Waals surface area contributed by atoms with Crippen molar-refractivity contribution in [2.45, 2.75) is 24.8 Å². The van der Waals surface area contributed by atoms with Crippen molar-refractivity contribution in [1.82, 2.24) is 0 Å². The van der Waals surface area contributed by atoms with Gasteiger partial charge in [-0.3, -0.25) is 0 Å². The van der Waals surface area contributed by atoms with Crippen LogP contribution in [-0.4, -0.2) is 31.0 Å². The molecular formula is C8H9F3O3. The third-order valence-electron chi connectivity index (χ3n) is 2.03. The molecule has 1 fully saturated rings. The summed E-state index contributed by atoms with van der Waals surface area (Å²) in [6.45, 7) is 1.29. The Morgan fingerprint density at radius 2 is 2.07 bits per heavy atom. The summed E-state index contributed by atoms with van der Waals surface area (Å²) >= 11 is 0. The fraction of sp³-hybridized carbons (Fsp3) is 0.625. The minimum atomic E-state index is -4.50. The summed E-state index contributed by atoms with van der Waals surface area (Å²) in [7, 11) is 1.09. The Hall–Kier alpha value is -1.04. The molecule has 0 unspecified atom stereocenters. The fourth-order valence-corrected chi connectivity index (χ4v) is 1.08. The maximum atomic E-state index is 12.4. The molecule has 1 aliphatic rings. The zero-order valence-electron chi connectivity index (χ0n) is 7.59. The third kappa shape index (κ3) is 1.75. The van der Waals surface area contributed by atoms with E-state index >= 15 is 0 Å². The monoisotopic (exact) mass is 210 g/mol. The third-order valence-corrected chi connectivity index (χ3v) is 2.03. The zero-order valence-corrected chi connectivity index (χ0v) is 7.59. The molecule has 0 bridgehead atoms. The Bertz CT molecular complexity index is 271. The quantitative estimate of drug-likeness (QED) is 0.393. The molecule has 80 valence electrons. The largest absolute Gasteiger partial charge is 0.466 e. The number of hydrogen-bond acceptors (Lipinski definition) is 3. The van der Waals surface area contributed by atoms with Gasteiger partial charge in [0.05, 0.1) is 13.2 Å². The first kappa shape index (κ1) is 11.0. The molecule has 0 aromatic heterocycles. The van der Waals surface area contributed by atoms with Gasteiger partial charge in [-0.2, -0.15) is 13.2 Å². The molecule has 14 heavy (non-hydrogen) atoms. The lowest BCUT2D eigenvalue weighted by Crippen LogP contribution is -2.32. The van der Waals surface area contributed by atoms with Crippen molar-refractivity contribution < 1.29 is 27.4 Å². The van der Waals surface area contributed by atoms with Crippen LogP contribution in [0.4, 0.5) is 13.2 Å². The van der Waals surface area contributed by atoms with Crippen molar-refractivity contribution in [2.24, 2.45) is 0 Å². The molecule has 2 atom stereocenters. The number of alkyl halides is 3. The van der Waals surface area contributed by atoms with Gasteiger partial charge >= 0.3 is 12.1 Å². The number of rotatable bonds is 2. The average molecular weight is 210 g/mol. The highest BCUT2D eigenvalue weighted by Gasteiger charge is 2.69. The highest BCUT2D eigenvalue weighted by atomic mass is 19.4. The van der Waals surface area contributed by atoms with Gasteiger partial charge in [-0.05, 0) is 13.0 Å². The lowest BCUT2D eigenvalue weighted by Gasteiger charge is -2.11. The van der Waals surface area contributed by atoms with Crippen LogP contribution in [-0.2, 0) is 14.3 Å². The van der Waals surface area contributed by atoms with E-state index in [4.69, 9.17) is 0 Å². The lowest BCUT2D eigenvalue weighted by atomic mass is 10.1. The molecule has 0 amide bonds. The number of ether oxygens (including phenoxy) is 2. The summed E-state index contributed by atoms with van der Waals surface area (Å²) in [6.07, 6.45) is -4.05. The molecule has 0 spiro atoms. The topological polar surface area (TPSA) is 38.8 Å². The van der Waals surface area contributed by atoms with Crippen molar-refractivity contribution in [1.29, 1.82) is 0 Å². The van der Waals surface area contributed by atoms with Crippen LogP contribution < -0.4 is 0 Å². The van der Waals surface area contributed by atoms with E-state index < -0.39 is 23.9 Å². The van der Waals surface area contributed by atoms with Crippen LogP contribution in [0.25, 0.3) is 0 Å². The molecule has 1 rings (SSSR count). The van der Waals surface area contributed by atoms with E-state index in [0.29, 0.717) is 6.08 Å². The normalized spacial score (nSPS) is 31.9. The zero-order chi connectivity index (χ0) is 11.0. The Morgan fingerprint density at radius 3 is 2.36 bits per heavy atom. The number of hydrogen-bond donors (Lipinski definition) is 0. The van der Waals surface area contributed by atoms with Crippen LogP contribution in [0, 0.1) is 0 Å². The standard InChI is InChI=1S/C8H9F3O3/c1-5-7(14-5,8(9,10)11)4-3-6(12)13-2/h3-5H,1-2H3/b4-3+/t5-,7+/m1/s1.